The minimum absolute atomic E-state index is 0.0876. The van der Waals surface area contributed by atoms with Gasteiger partial charge in [0.15, 0.2) is 17.5 Å². The zero-order valence-corrected chi connectivity index (χ0v) is 24.2. The van der Waals surface area contributed by atoms with Gasteiger partial charge in [0.05, 0.1) is 12.0 Å². The second kappa shape index (κ2) is 9.96. The van der Waals surface area contributed by atoms with Gasteiger partial charge in [0.2, 0.25) is 0 Å². The lowest BCUT2D eigenvalue weighted by atomic mass is 9.59. The quantitative estimate of drug-likeness (QED) is 0.183. The van der Waals surface area contributed by atoms with E-state index in [4.69, 9.17) is 9.47 Å². The highest BCUT2D eigenvalue weighted by atomic mass is 16.6. The van der Waals surface area contributed by atoms with E-state index in [0.717, 1.165) is 19.3 Å². The highest BCUT2D eigenvalue weighted by Crippen LogP contribution is 2.75. The van der Waals surface area contributed by atoms with Crippen LogP contribution in [0.4, 0.5) is 0 Å². The zero-order chi connectivity index (χ0) is 29.1. The first kappa shape index (κ1) is 29.7. The predicted molar refractivity (Wildman–Crippen MR) is 144 cm³/mol. The number of aliphatic hydroxyl groups is 3. The molecule has 0 aromatic heterocycles. The van der Waals surface area contributed by atoms with Crippen LogP contribution in [0.25, 0.3) is 0 Å². The third-order valence-corrected chi connectivity index (χ3v) is 10.3. The molecule has 0 aliphatic heterocycles. The molecular weight excluding hydrogens is 500 g/mol. The van der Waals surface area contributed by atoms with Gasteiger partial charge < -0.3 is 24.8 Å². The molecule has 2 fully saturated rings. The van der Waals surface area contributed by atoms with Gasteiger partial charge in [-0.2, -0.15) is 0 Å². The van der Waals surface area contributed by atoms with Crippen molar-refractivity contribution in [3.8, 4) is 0 Å². The number of ketones is 1. The smallest absolute Gasteiger partial charge is 0.334 e. The molecule has 4 rings (SSSR count). The topological polar surface area (TPSA) is 130 Å². The van der Waals surface area contributed by atoms with Gasteiger partial charge in [-0.1, -0.05) is 58.8 Å². The predicted octanol–water partition coefficient (Wildman–Crippen LogP) is 3.58. The van der Waals surface area contributed by atoms with Gasteiger partial charge in [0.25, 0.3) is 0 Å². The van der Waals surface area contributed by atoms with Crippen molar-refractivity contribution in [3.05, 3.63) is 34.9 Å². The number of hydrogen-bond acceptors (Lipinski definition) is 8. The van der Waals surface area contributed by atoms with Crippen LogP contribution in [-0.4, -0.2) is 63.1 Å². The second-order valence-electron chi connectivity index (χ2n) is 12.7. The van der Waals surface area contributed by atoms with Crippen LogP contribution in [0.3, 0.4) is 0 Å². The minimum Gasteiger partial charge on any atom is -0.458 e. The van der Waals surface area contributed by atoms with E-state index in [1.165, 1.54) is 0 Å². The number of rotatable bonds is 8. The molecular formula is C31H44O8. The van der Waals surface area contributed by atoms with E-state index in [1.807, 2.05) is 20.8 Å². The lowest BCUT2D eigenvalue weighted by molar-refractivity contribution is -0.203. The first-order valence-electron chi connectivity index (χ1n) is 14.2. The fourth-order valence-electron chi connectivity index (χ4n) is 7.99. The van der Waals surface area contributed by atoms with Crippen LogP contribution in [0.15, 0.2) is 34.9 Å². The average molecular weight is 545 g/mol. The molecule has 4 aliphatic carbocycles. The maximum absolute atomic E-state index is 14.7. The Labute approximate surface area is 231 Å². The molecule has 4 aliphatic rings. The van der Waals surface area contributed by atoms with Crippen LogP contribution >= 0.6 is 0 Å². The summed E-state index contributed by atoms with van der Waals surface area (Å²) < 4.78 is 12.0. The number of allylic oxidation sites excluding steroid dienone is 2. The summed E-state index contributed by atoms with van der Waals surface area (Å²) in [5, 5.41) is 34.5. The maximum atomic E-state index is 14.7. The van der Waals surface area contributed by atoms with Crippen molar-refractivity contribution < 1.29 is 39.2 Å². The third kappa shape index (κ3) is 3.92. The van der Waals surface area contributed by atoms with Crippen molar-refractivity contribution in [3.63, 3.8) is 0 Å². The SMILES string of the molecule is C/C=C(\C)C(=O)O[C@H]1C(C)=C[C@]23C(=O)[C@@H](C=C(CO)[C@@H](O)[C@]12O)[C@@H]1C(C)(C)[C@]1(OC(=O)CCCCC)C[C@H]3C. The van der Waals surface area contributed by atoms with E-state index in [-0.39, 0.29) is 23.7 Å². The van der Waals surface area contributed by atoms with Crippen LogP contribution in [0.5, 0.6) is 0 Å². The number of carbonyl (C=O) groups is 3. The van der Waals surface area contributed by atoms with E-state index >= 15 is 0 Å². The lowest BCUT2D eigenvalue weighted by Gasteiger charge is -2.49. The molecule has 2 bridgehead atoms. The van der Waals surface area contributed by atoms with Gasteiger partial charge in [-0.25, -0.2) is 4.79 Å². The normalized spacial score (nSPS) is 40.4. The number of Topliss-reactive ketones (excluding diaryl/α,β-unsaturated/α-hetero) is 1. The fourth-order valence-corrected chi connectivity index (χ4v) is 7.99. The second-order valence-corrected chi connectivity index (χ2v) is 12.7. The third-order valence-electron chi connectivity index (χ3n) is 10.3. The number of unbranched alkanes of at least 4 members (excludes halogenated alkanes) is 2. The fraction of sp³-hybridized carbons (Fsp3) is 0.710. The minimum atomic E-state index is -2.26. The van der Waals surface area contributed by atoms with Crippen molar-refractivity contribution in [1.29, 1.82) is 0 Å². The molecule has 1 spiro atoms. The lowest BCUT2D eigenvalue weighted by Crippen LogP contribution is -2.66. The maximum Gasteiger partial charge on any atom is 0.334 e. The van der Waals surface area contributed by atoms with Gasteiger partial charge in [-0.15, -0.1) is 0 Å². The Morgan fingerprint density at radius 2 is 1.90 bits per heavy atom. The Hall–Kier alpha value is -2.29. The molecule has 0 aromatic carbocycles. The van der Waals surface area contributed by atoms with Crippen LogP contribution in [0.1, 0.15) is 80.6 Å². The number of aliphatic hydroxyl groups excluding tert-OH is 2. The standard InChI is InChI=1S/C31H44O8/c1-8-10-11-12-22(33)39-30-15-19(5)29-14-18(4)26(38-27(36)17(3)9-2)31(29,37)24(34)20(16-32)13-21(25(29)35)23(30)28(30,6)7/h9,13-14,19,21,23-24,26,32,34,37H,8,10-12,15-16H2,1-7H3/b17-9+/t19-,21+,23-,24-,26+,29+,30+,31+/m1/s1. The first-order valence-corrected chi connectivity index (χ1v) is 14.2. The summed E-state index contributed by atoms with van der Waals surface area (Å²) in [7, 11) is 0. The molecule has 0 aromatic rings. The Bertz CT molecular complexity index is 1150. The Morgan fingerprint density at radius 1 is 1.23 bits per heavy atom. The molecule has 8 atom stereocenters. The number of esters is 2. The van der Waals surface area contributed by atoms with Crippen LogP contribution in [0.2, 0.25) is 0 Å². The van der Waals surface area contributed by atoms with Crippen molar-refractivity contribution in [2.45, 2.75) is 104 Å². The first-order chi connectivity index (χ1) is 18.2. The molecule has 0 unspecified atom stereocenters. The number of hydrogen-bond donors (Lipinski definition) is 3. The van der Waals surface area contributed by atoms with Crippen LogP contribution in [0, 0.1) is 28.6 Å². The Kier molecular flexibility index (Phi) is 7.58. The Balaban J connectivity index is 1.85. The van der Waals surface area contributed by atoms with E-state index < -0.39 is 64.6 Å². The summed E-state index contributed by atoms with van der Waals surface area (Å²) in [6.07, 6.45) is 5.02. The summed E-state index contributed by atoms with van der Waals surface area (Å²) in [5.74, 6) is -3.10. The zero-order valence-electron chi connectivity index (χ0n) is 24.2. The number of carbonyl (C=O) groups excluding carboxylic acids is 3. The average Bonchev–Trinajstić information content (AvgIpc) is 3.28. The van der Waals surface area contributed by atoms with Crippen molar-refractivity contribution in [2.24, 2.45) is 28.6 Å². The summed E-state index contributed by atoms with van der Waals surface area (Å²) in [4.78, 5) is 40.5. The number of ether oxygens (including phenoxy) is 2. The highest BCUT2D eigenvalue weighted by molar-refractivity contribution is 5.96. The van der Waals surface area contributed by atoms with Gasteiger partial charge in [0.1, 0.15) is 11.7 Å². The molecule has 0 amide bonds. The van der Waals surface area contributed by atoms with E-state index in [9.17, 15) is 29.7 Å². The molecule has 216 valence electrons. The van der Waals surface area contributed by atoms with Gasteiger partial charge >= 0.3 is 11.9 Å². The number of fused-ring (bicyclic) bond motifs is 3. The van der Waals surface area contributed by atoms with Crippen LogP contribution < -0.4 is 0 Å². The molecule has 2 saturated carbocycles. The van der Waals surface area contributed by atoms with Crippen molar-refractivity contribution >= 4 is 17.7 Å². The molecule has 0 saturated heterocycles. The molecule has 39 heavy (non-hydrogen) atoms. The van der Waals surface area contributed by atoms with Crippen molar-refractivity contribution in [1.82, 2.24) is 0 Å². The van der Waals surface area contributed by atoms with E-state index in [0.29, 0.717) is 17.6 Å². The molecule has 8 heteroatoms. The van der Waals surface area contributed by atoms with E-state index in [2.05, 4.69) is 6.92 Å². The summed E-state index contributed by atoms with van der Waals surface area (Å²) in [5.41, 5.74) is -4.51. The summed E-state index contributed by atoms with van der Waals surface area (Å²) >= 11 is 0. The van der Waals surface area contributed by atoms with Gasteiger partial charge in [-0.05, 0) is 50.7 Å². The molecule has 0 heterocycles. The highest BCUT2D eigenvalue weighted by Gasteiger charge is 2.83. The van der Waals surface area contributed by atoms with E-state index in [1.54, 1.807) is 39.0 Å². The largest absolute Gasteiger partial charge is 0.458 e. The molecule has 8 nitrogen and oxygen atoms in total. The molecule has 3 N–H and O–H groups in total. The monoisotopic (exact) mass is 544 g/mol. The van der Waals surface area contributed by atoms with Crippen LogP contribution in [-0.2, 0) is 23.9 Å². The Morgan fingerprint density at radius 3 is 2.49 bits per heavy atom. The van der Waals surface area contributed by atoms with Crippen molar-refractivity contribution in [2.75, 3.05) is 6.61 Å². The van der Waals surface area contributed by atoms with Gasteiger partial charge in [-0.3, -0.25) is 9.59 Å². The van der Waals surface area contributed by atoms with Gasteiger partial charge in [0, 0.05) is 29.2 Å². The molecule has 0 radical (unpaired) electrons. The summed E-state index contributed by atoms with van der Waals surface area (Å²) in [6, 6.07) is 0. The summed E-state index contributed by atoms with van der Waals surface area (Å²) in [6.45, 7) is 12.2.